The van der Waals surface area contributed by atoms with Crippen molar-refractivity contribution in [3.63, 3.8) is 0 Å². The van der Waals surface area contributed by atoms with E-state index >= 15 is 0 Å². The van der Waals surface area contributed by atoms with Crippen LogP contribution in [0.15, 0.2) is 327 Å². The Balaban J connectivity index is 0.911. The Kier molecular flexibility index (Phi) is 14.6. The molecule has 6 aliphatic rings. The number of nitrogens with one attached hydrogen (secondary N) is 1. The van der Waals surface area contributed by atoms with E-state index in [1.54, 1.807) is 0 Å². The lowest BCUT2D eigenvalue weighted by Gasteiger charge is -2.48. The molecule has 22 rings (SSSR count). The molecule has 0 bridgehead atoms. The molecule has 9 nitrogen and oxygen atoms in total. The molecule has 1 N–H and O–H groups in total. The van der Waals surface area contributed by atoms with Crippen molar-refractivity contribution in [2.45, 2.75) is 62.3 Å². The van der Waals surface area contributed by atoms with Crippen LogP contribution in [0, 0.1) is 62.3 Å². The summed E-state index contributed by atoms with van der Waals surface area (Å²) in [6.07, 6.45) is 0. The van der Waals surface area contributed by atoms with Crippen LogP contribution < -0.4 is 93.4 Å². The van der Waals surface area contributed by atoms with Gasteiger partial charge in [-0.15, -0.1) is 0 Å². The van der Waals surface area contributed by atoms with Crippen LogP contribution in [0.5, 0.6) is 23.0 Å². The molecule has 0 radical (unpaired) electrons. The van der Waals surface area contributed by atoms with E-state index in [2.05, 4.69) is 190 Å². The smallest absolute Gasteiger partial charge is 0.256 e. The van der Waals surface area contributed by atoms with Crippen LogP contribution >= 0.6 is 0 Å². The normalized spacial score (nSPS) is 13.8. The van der Waals surface area contributed by atoms with E-state index in [9.17, 15) is 8.22 Å². The minimum Gasteiger partial charge on any atom is -0.458 e. The lowest BCUT2D eigenvalue weighted by molar-refractivity contribution is 0.487. The predicted molar refractivity (Wildman–Crippen MR) is 494 cm³/mol. The molecule has 0 saturated heterocycles. The van der Waals surface area contributed by atoms with E-state index in [1.807, 2.05) is 198 Å². The molecular weight excluding hydrogens is 1420 g/mol. The molecule has 6 heterocycles. The van der Waals surface area contributed by atoms with Gasteiger partial charge in [-0.05, 0) is 266 Å². The largest absolute Gasteiger partial charge is 0.458 e. The molecule has 0 aromatic heterocycles. The first-order chi connectivity index (χ1) is 59.8. The lowest BCUT2D eigenvalue weighted by Crippen LogP contribution is -2.66. The number of hydrogen-bond donors (Lipinski definition) is 1. The second-order valence-electron chi connectivity index (χ2n) is 32.1. The van der Waals surface area contributed by atoms with Crippen molar-refractivity contribution in [1.29, 1.82) is 0 Å². The fourth-order valence-electron chi connectivity index (χ4n) is 20.0. The summed E-state index contributed by atoms with van der Waals surface area (Å²) in [5.41, 5.74) is 30.4. The molecule has 0 atom stereocenters. The van der Waals surface area contributed by atoms with Gasteiger partial charge in [0, 0.05) is 91.7 Å². The van der Waals surface area contributed by atoms with Gasteiger partial charge in [-0.1, -0.05) is 211 Å². The number of para-hydroxylation sites is 8. The van der Waals surface area contributed by atoms with Crippen LogP contribution in [0.1, 0.15) is 58.3 Å². The van der Waals surface area contributed by atoms with Crippen molar-refractivity contribution in [2.24, 2.45) is 0 Å². The summed E-state index contributed by atoms with van der Waals surface area (Å²) in [6, 6.07) is 100. The summed E-state index contributed by atoms with van der Waals surface area (Å²) in [6.45, 7) is 17.4. The van der Waals surface area contributed by atoms with Gasteiger partial charge in [0.05, 0.1) is 42.3 Å². The van der Waals surface area contributed by atoms with Gasteiger partial charge in [-0.2, -0.15) is 0 Å². The first kappa shape index (κ1) is 63.3. The molecule has 0 spiro atoms. The first-order valence-electron chi connectivity index (χ1n) is 43.3. The maximum atomic E-state index is 12.0. The molecule has 0 fully saturated rings. The fourth-order valence-corrected chi connectivity index (χ4v) is 20.0. The number of benzene rings is 16. The van der Waals surface area contributed by atoms with Gasteiger partial charge in [-0.25, -0.2) is 0 Å². The van der Waals surface area contributed by atoms with Crippen molar-refractivity contribution in [3.05, 3.63) is 378 Å². The topological polar surface area (TPSA) is 49.9 Å². The molecule has 16 aromatic carbocycles. The Labute approximate surface area is 694 Å². The zero-order valence-electron chi connectivity index (χ0n) is 72.4. The number of aryl methyl sites for hydroxylation is 9. The van der Waals surface area contributed by atoms with Crippen molar-refractivity contribution < 1.29 is 17.7 Å². The summed E-state index contributed by atoms with van der Waals surface area (Å²) in [5.74, 6) is 1.89. The van der Waals surface area contributed by atoms with Crippen molar-refractivity contribution in [1.82, 2.24) is 0 Å². The van der Waals surface area contributed by atoms with Gasteiger partial charge in [-0.3, -0.25) is 0 Å². The van der Waals surface area contributed by atoms with Gasteiger partial charge < -0.3 is 44.2 Å². The van der Waals surface area contributed by atoms with Gasteiger partial charge in [0.1, 0.15) is 23.0 Å². The predicted octanol–water partition coefficient (Wildman–Crippen LogP) is 22.0. The molecule has 558 valence electrons. The standard InChI is InChI=1S/C105H82B3N7O2/c1-64-48-67(4)103(68(5)49-64)113-90-62-88-84(106-82-44-28-30-46-96(82)116-98-58-79(54-89(109-88)100(98)106)110(73-32-16-10-17-33-73)74-34-18-11-19-35-74)60-85(90)108-87-61-86-91(63-92(87)114(104-69(6)50-65(2)51-70(104)7)94-56-80(55-93(113)101(94)108)111(75-36-20-12-21-37-75)76-38-22-13-23-39-76)115(105-71(8)52-66(3)53-72(105)9)95-57-81(59-99-102(95)107(86)83-45-29-31-47-97(83)117-99)112(77-40-24-14-25-41-77)78-42-26-15-27-43-78/h10-63,109H,1-9H3/i54D,55D,56D,57D,58D,59D. The number of nitrogens with zero attached hydrogens (tertiary/aromatic N) is 6. The third kappa shape index (κ3) is 11.0. The second-order valence-corrected chi connectivity index (χ2v) is 32.1. The summed E-state index contributed by atoms with van der Waals surface area (Å²) in [4.78, 5) is 13.2. The van der Waals surface area contributed by atoms with Crippen molar-refractivity contribution in [2.75, 3.05) is 34.7 Å². The van der Waals surface area contributed by atoms with E-state index in [0.717, 1.165) is 162 Å². The zero-order valence-corrected chi connectivity index (χ0v) is 66.4. The Morgan fingerprint density at radius 3 is 0.915 bits per heavy atom. The molecule has 117 heavy (non-hydrogen) atoms. The Bertz CT molecular complexity index is 6990. The average Bonchev–Trinajstić information content (AvgIpc) is 0.670. The number of fused-ring (bicyclic) bond motifs is 12. The summed E-state index contributed by atoms with van der Waals surface area (Å²) in [7, 11) is 0. The van der Waals surface area contributed by atoms with Gasteiger partial charge >= 0.3 is 0 Å². The maximum Gasteiger partial charge on any atom is 0.256 e. The molecule has 0 saturated carbocycles. The molecule has 16 aromatic rings. The highest BCUT2D eigenvalue weighted by molar-refractivity contribution is 7.04. The quantitative estimate of drug-likeness (QED) is 0.121. The van der Waals surface area contributed by atoms with E-state index < -0.39 is 20.1 Å². The van der Waals surface area contributed by atoms with Gasteiger partial charge in [0.15, 0.2) is 0 Å². The Morgan fingerprint density at radius 2 is 0.538 bits per heavy atom. The number of rotatable bonds is 12. The maximum absolute atomic E-state index is 12.0. The van der Waals surface area contributed by atoms with Crippen LogP contribution in [0.3, 0.4) is 0 Å². The van der Waals surface area contributed by atoms with Crippen LogP contribution in [0.4, 0.5) is 114 Å². The Morgan fingerprint density at radius 1 is 0.248 bits per heavy atom. The Hall–Kier alpha value is -14.1. The van der Waals surface area contributed by atoms with E-state index in [0.29, 0.717) is 73.7 Å². The second kappa shape index (κ2) is 27.0. The number of anilines is 20. The zero-order chi connectivity index (χ0) is 84.0. The molecular formula is C105H82B3N7O2. The highest BCUT2D eigenvalue weighted by Gasteiger charge is 2.51. The van der Waals surface area contributed by atoms with E-state index in [4.69, 9.17) is 9.47 Å². The van der Waals surface area contributed by atoms with Crippen molar-refractivity contribution in [3.8, 4) is 23.0 Å². The minimum atomic E-state index is -0.773. The molecule has 0 unspecified atom stereocenters. The number of ether oxygens (including phenoxy) is 2. The van der Waals surface area contributed by atoms with Crippen LogP contribution in [0.2, 0.25) is 0 Å². The number of hydrogen-bond acceptors (Lipinski definition) is 9. The summed E-state index contributed by atoms with van der Waals surface area (Å²) >= 11 is 0. The monoisotopic (exact) mass is 1510 g/mol. The third-order valence-corrected chi connectivity index (χ3v) is 24.3. The fraction of sp³-hybridized carbons (Fsp3) is 0.0857. The van der Waals surface area contributed by atoms with Crippen LogP contribution in [0.25, 0.3) is 0 Å². The summed E-state index contributed by atoms with van der Waals surface area (Å²) in [5, 5.41) is 4.02. The van der Waals surface area contributed by atoms with Gasteiger partial charge in [0.2, 0.25) is 0 Å². The third-order valence-electron chi connectivity index (χ3n) is 24.3. The average molecular weight is 1510 g/mol. The highest BCUT2D eigenvalue weighted by Crippen LogP contribution is 2.55. The SMILES string of the molecule is [2H]c1c2c3c(c([2H])c1N(c1ccccc1)c1ccccc1)Oc1ccccc1B3c1cc3c(cc1N2)N(c1c(C)cc(C)cc1C)c1c([2H])c(N(c2ccccc2)c2ccccc2)c([2H])c2c1B3c1cc3c(cc1N2c1c(C)cc(C)cc1C)N(c1c(C)cc(C)cc1C)c1c([2H])c(N(c2ccccc2)c2ccccc2)c([2H])c2c1B3c1ccccc1O2. The summed E-state index contributed by atoms with van der Waals surface area (Å²) < 4.78 is 82.4. The highest BCUT2D eigenvalue weighted by atomic mass is 16.5. The van der Waals surface area contributed by atoms with Gasteiger partial charge in [0.25, 0.3) is 20.1 Å². The van der Waals surface area contributed by atoms with E-state index in [-0.39, 0.29) is 36.3 Å². The molecule has 6 aliphatic heterocycles. The van der Waals surface area contributed by atoms with Crippen LogP contribution in [-0.4, -0.2) is 20.1 Å². The van der Waals surface area contributed by atoms with Crippen LogP contribution in [-0.2, 0) is 0 Å². The molecule has 0 aliphatic carbocycles. The molecule has 12 heteroatoms. The minimum absolute atomic E-state index is 0.0679. The molecule has 0 amide bonds. The van der Waals surface area contributed by atoms with Crippen molar-refractivity contribution >= 4 is 183 Å². The lowest BCUT2D eigenvalue weighted by atomic mass is 9.29. The van der Waals surface area contributed by atoms with E-state index in [1.165, 1.54) is 0 Å². The first-order valence-corrected chi connectivity index (χ1v) is 40.3.